The fourth-order valence-corrected chi connectivity index (χ4v) is 7.51. The van der Waals surface area contributed by atoms with E-state index >= 15 is 0 Å². The number of esters is 2. The summed E-state index contributed by atoms with van der Waals surface area (Å²) in [5, 5.41) is 11.7. The number of carbonyl (C=O) groups excluding carboxylic acids is 2. The van der Waals surface area contributed by atoms with Gasteiger partial charge in [-0.2, -0.15) is 0 Å². The van der Waals surface area contributed by atoms with Crippen molar-refractivity contribution in [2.75, 3.05) is 26.9 Å². The molecule has 14 nitrogen and oxygen atoms in total. The Bertz CT molecular complexity index is 1980. The molecule has 4 aromatic rings. The standard InChI is InChI=1S/C47H52O14/c1-4-24-52-35-23-15-14-22-34(35)25-38(49)60-44-42(53-26-31-16-8-5-9-17-31)40-37(29-55-45(61-40)33-20-12-7-13-21-33)59-47(44)56-28-36-39(50)41(57-30(2)48)43(46(51-3)58-36)54-27-32-18-10-6-11-19-32/h4-23,36-37,39-47,50H,1,24-29H2,2-3H3/t36-,37-,39-,40+,41+,42+,43-,44-,45?,46+,47-/m1/s1. The van der Waals surface area contributed by atoms with E-state index < -0.39 is 79.6 Å². The van der Waals surface area contributed by atoms with Gasteiger partial charge in [-0.3, -0.25) is 9.59 Å². The minimum Gasteiger partial charge on any atom is -0.489 e. The van der Waals surface area contributed by atoms with E-state index in [1.807, 2.05) is 97.1 Å². The molecule has 3 fully saturated rings. The van der Waals surface area contributed by atoms with Crippen LogP contribution in [0.3, 0.4) is 0 Å². The van der Waals surface area contributed by atoms with Crippen molar-refractivity contribution in [3.8, 4) is 5.75 Å². The zero-order chi connectivity index (χ0) is 42.6. The number of benzene rings is 4. The number of carbonyl (C=O) groups is 2. The molecular weight excluding hydrogens is 789 g/mol. The number of aliphatic hydroxyl groups excluding tert-OH is 1. The summed E-state index contributed by atoms with van der Waals surface area (Å²) >= 11 is 0. The topological polar surface area (TPSA) is 156 Å². The van der Waals surface area contributed by atoms with Crippen LogP contribution in [-0.4, -0.2) is 105 Å². The quantitative estimate of drug-likeness (QED) is 0.100. The molecule has 1 N–H and O–H groups in total. The van der Waals surface area contributed by atoms with Crippen LogP contribution in [0.4, 0.5) is 0 Å². The van der Waals surface area contributed by atoms with Crippen LogP contribution in [0.15, 0.2) is 128 Å². The van der Waals surface area contributed by atoms with E-state index in [1.165, 1.54) is 14.0 Å². The average Bonchev–Trinajstić information content (AvgIpc) is 3.28. The van der Waals surface area contributed by atoms with Crippen LogP contribution < -0.4 is 4.74 Å². The normalized spacial score (nSPS) is 28.5. The first-order valence-electron chi connectivity index (χ1n) is 20.3. The monoisotopic (exact) mass is 840 g/mol. The fourth-order valence-electron chi connectivity index (χ4n) is 7.51. The van der Waals surface area contributed by atoms with Gasteiger partial charge in [0.25, 0.3) is 0 Å². The molecule has 3 aliphatic heterocycles. The van der Waals surface area contributed by atoms with Crippen LogP contribution in [0, 0.1) is 0 Å². The van der Waals surface area contributed by atoms with Crippen molar-refractivity contribution < 1.29 is 66.8 Å². The molecule has 0 saturated carbocycles. The van der Waals surface area contributed by atoms with E-state index in [0.29, 0.717) is 11.3 Å². The lowest BCUT2D eigenvalue weighted by molar-refractivity contribution is -0.373. The largest absolute Gasteiger partial charge is 0.489 e. The van der Waals surface area contributed by atoms with Gasteiger partial charge in [0.15, 0.2) is 31.1 Å². The molecular formula is C47H52O14. The molecule has 61 heavy (non-hydrogen) atoms. The maximum absolute atomic E-state index is 14.0. The molecule has 0 amide bonds. The number of hydrogen-bond acceptors (Lipinski definition) is 14. The third kappa shape index (κ3) is 11.5. The molecule has 0 radical (unpaired) electrons. The first kappa shape index (κ1) is 44.1. The lowest BCUT2D eigenvalue weighted by Gasteiger charge is -2.49. The molecule has 3 saturated heterocycles. The molecule has 1 unspecified atom stereocenters. The van der Waals surface area contributed by atoms with Gasteiger partial charge >= 0.3 is 11.9 Å². The zero-order valence-corrected chi connectivity index (χ0v) is 34.1. The van der Waals surface area contributed by atoms with Crippen LogP contribution in [0.5, 0.6) is 5.75 Å². The second-order valence-corrected chi connectivity index (χ2v) is 14.8. The van der Waals surface area contributed by atoms with Crippen LogP contribution in [0.25, 0.3) is 0 Å². The van der Waals surface area contributed by atoms with E-state index in [9.17, 15) is 14.7 Å². The molecule has 7 rings (SSSR count). The summed E-state index contributed by atoms with van der Waals surface area (Å²) in [6.45, 7) is 5.26. The lowest BCUT2D eigenvalue weighted by atomic mass is 9.96. The van der Waals surface area contributed by atoms with E-state index in [2.05, 4.69) is 6.58 Å². The summed E-state index contributed by atoms with van der Waals surface area (Å²) < 4.78 is 68.2. The summed E-state index contributed by atoms with van der Waals surface area (Å²) in [6, 6.07) is 35.6. The maximum Gasteiger partial charge on any atom is 0.310 e. The minimum absolute atomic E-state index is 0.0905. The smallest absolute Gasteiger partial charge is 0.310 e. The highest BCUT2D eigenvalue weighted by molar-refractivity contribution is 5.74. The van der Waals surface area contributed by atoms with Gasteiger partial charge in [0.1, 0.15) is 49.0 Å². The third-order valence-corrected chi connectivity index (χ3v) is 10.4. The Morgan fingerprint density at radius 1 is 0.738 bits per heavy atom. The Hall–Kier alpha value is -5.00. The molecule has 324 valence electrons. The SMILES string of the molecule is C=CCOc1ccccc1CC(=O)O[C@H]1[C@H](OC[C@H]2O[C@H](OC)[C@H](OCc3ccccc3)[C@@H](OC(C)=O)[C@@H]2O)O[C@@H]2COC(c3ccccc3)O[C@@H]2[C@@H]1OCc1ccccc1. The summed E-state index contributed by atoms with van der Waals surface area (Å²) in [4.78, 5) is 26.4. The molecule has 3 heterocycles. The van der Waals surface area contributed by atoms with Crippen molar-refractivity contribution >= 4 is 11.9 Å². The molecule has 0 bridgehead atoms. The molecule has 0 aromatic heterocycles. The van der Waals surface area contributed by atoms with Gasteiger partial charge < -0.3 is 57.2 Å². The van der Waals surface area contributed by atoms with Gasteiger partial charge in [0.2, 0.25) is 0 Å². The molecule has 14 heteroatoms. The minimum atomic E-state index is -1.43. The predicted octanol–water partition coefficient (Wildman–Crippen LogP) is 5.40. The molecule has 4 aromatic carbocycles. The number of hydrogen-bond donors (Lipinski definition) is 1. The van der Waals surface area contributed by atoms with Crippen molar-refractivity contribution in [3.05, 3.63) is 150 Å². The van der Waals surface area contributed by atoms with Crippen molar-refractivity contribution in [2.45, 2.75) is 94.3 Å². The zero-order valence-electron chi connectivity index (χ0n) is 34.1. The van der Waals surface area contributed by atoms with Gasteiger partial charge in [-0.15, -0.1) is 0 Å². The first-order valence-corrected chi connectivity index (χ1v) is 20.3. The van der Waals surface area contributed by atoms with Gasteiger partial charge in [-0.25, -0.2) is 0 Å². The van der Waals surface area contributed by atoms with Crippen LogP contribution in [0.2, 0.25) is 0 Å². The number of fused-ring (bicyclic) bond motifs is 1. The van der Waals surface area contributed by atoms with Crippen molar-refractivity contribution in [2.24, 2.45) is 0 Å². The van der Waals surface area contributed by atoms with Gasteiger partial charge in [0.05, 0.1) is 32.8 Å². The van der Waals surface area contributed by atoms with Crippen LogP contribution >= 0.6 is 0 Å². The van der Waals surface area contributed by atoms with Gasteiger partial charge in [-0.05, 0) is 17.2 Å². The van der Waals surface area contributed by atoms with Crippen LogP contribution in [-0.2, 0) is 76.6 Å². The van der Waals surface area contributed by atoms with Crippen molar-refractivity contribution in [1.29, 1.82) is 0 Å². The summed E-state index contributed by atoms with van der Waals surface area (Å²) in [5.74, 6) is -0.743. The Morgan fingerprint density at radius 2 is 1.38 bits per heavy atom. The highest BCUT2D eigenvalue weighted by Crippen LogP contribution is 2.38. The third-order valence-electron chi connectivity index (χ3n) is 10.4. The molecule has 0 aliphatic carbocycles. The summed E-state index contributed by atoms with van der Waals surface area (Å²) in [5.41, 5.74) is 3.11. The van der Waals surface area contributed by atoms with E-state index in [0.717, 1.165) is 16.7 Å². The van der Waals surface area contributed by atoms with Crippen molar-refractivity contribution in [3.63, 3.8) is 0 Å². The fraction of sp³-hybridized carbons (Fsp3) is 0.404. The van der Waals surface area contributed by atoms with E-state index in [4.69, 9.17) is 52.1 Å². The van der Waals surface area contributed by atoms with E-state index in [-0.39, 0.29) is 39.5 Å². The molecule has 0 spiro atoms. The number of para-hydroxylation sites is 1. The van der Waals surface area contributed by atoms with Crippen LogP contribution in [0.1, 0.15) is 35.5 Å². The average molecular weight is 841 g/mol. The summed E-state index contributed by atoms with van der Waals surface area (Å²) in [6.07, 6.45) is -10.1. The van der Waals surface area contributed by atoms with E-state index in [1.54, 1.807) is 24.3 Å². The predicted molar refractivity (Wildman–Crippen MR) is 218 cm³/mol. The number of aliphatic hydroxyl groups is 1. The Kier molecular flexibility index (Phi) is 15.7. The number of rotatable bonds is 18. The maximum atomic E-state index is 14.0. The Balaban J connectivity index is 1.15. The first-order chi connectivity index (χ1) is 29.8. The number of ether oxygens (including phenoxy) is 11. The number of methoxy groups -OCH3 is 1. The second-order valence-electron chi connectivity index (χ2n) is 14.8. The van der Waals surface area contributed by atoms with Crippen molar-refractivity contribution in [1.82, 2.24) is 0 Å². The molecule has 3 aliphatic rings. The second kappa shape index (κ2) is 21.7. The summed E-state index contributed by atoms with van der Waals surface area (Å²) in [7, 11) is 1.42. The van der Waals surface area contributed by atoms with Gasteiger partial charge in [0, 0.05) is 25.2 Å². The Labute approximate surface area is 355 Å². The highest BCUT2D eigenvalue weighted by Gasteiger charge is 2.54. The van der Waals surface area contributed by atoms with Gasteiger partial charge in [-0.1, -0.05) is 122 Å². The molecule has 11 atom stereocenters. The lowest BCUT2D eigenvalue weighted by Crippen LogP contribution is -2.65. The highest BCUT2D eigenvalue weighted by atomic mass is 16.8. The Morgan fingerprint density at radius 3 is 2.03 bits per heavy atom.